The van der Waals surface area contributed by atoms with E-state index < -0.39 is 23.0 Å². The van der Waals surface area contributed by atoms with Gasteiger partial charge in [0.05, 0.1) is 32.2 Å². The molecule has 0 amide bonds. The zero-order chi connectivity index (χ0) is 27.0. The van der Waals surface area contributed by atoms with Crippen LogP contribution in [0.15, 0.2) is 81.0 Å². The topological polar surface area (TPSA) is 101 Å². The summed E-state index contributed by atoms with van der Waals surface area (Å²) in [6, 6.07) is 16.5. The van der Waals surface area contributed by atoms with Gasteiger partial charge in [0, 0.05) is 5.56 Å². The zero-order valence-corrected chi connectivity index (χ0v) is 21.1. The van der Waals surface area contributed by atoms with Gasteiger partial charge < -0.3 is 13.7 Å². The highest BCUT2D eigenvalue weighted by molar-refractivity contribution is 5.86. The van der Waals surface area contributed by atoms with E-state index in [0.29, 0.717) is 11.4 Å². The van der Waals surface area contributed by atoms with Crippen LogP contribution in [0.3, 0.4) is 0 Å². The first-order valence-corrected chi connectivity index (χ1v) is 12.0. The van der Waals surface area contributed by atoms with Gasteiger partial charge in [-0.25, -0.2) is 23.5 Å². The molecule has 5 rings (SSSR count). The van der Waals surface area contributed by atoms with Gasteiger partial charge in [-0.3, -0.25) is 9.36 Å². The molecule has 3 aromatic heterocycles. The summed E-state index contributed by atoms with van der Waals surface area (Å²) >= 11 is 0. The molecular formula is C28H25FN4O5. The highest BCUT2D eigenvalue weighted by Gasteiger charge is 2.21. The average Bonchev–Trinajstić information content (AvgIpc) is 3.55. The van der Waals surface area contributed by atoms with Gasteiger partial charge >= 0.3 is 11.7 Å². The highest BCUT2D eigenvalue weighted by Crippen LogP contribution is 2.20. The number of esters is 1. The largest absolute Gasteiger partial charge is 0.463 e. The molecule has 0 aliphatic heterocycles. The molecule has 0 unspecified atom stereocenters. The molecule has 0 fully saturated rings. The normalized spacial score (nSPS) is 11.4. The van der Waals surface area contributed by atoms with Crippen molar-refractivity contribution in [3.05, 3.63) is 116 Å². The third-order valence-electron chi connectivity index (χ3n) is 6.38. The maximum atomic E-state index is 14.5. The molecule has 0 N–H and O–H groups in total. The fourth-order valence-electron chi connectivity index (χ4n) is 4.32. The van der Waals surface area contributed by atoms with Crippen molar-refractivity contribution in [1.82, 2.24) is 18.7 Å². The van der Waals surface area contributed by atoms with Crippen molar-refractivity contribution in [3.8, 4) is 5.69 Å². The lowest BCUT2D eigenvalue weighted by Crippen LogP contribution is -2.40. The lowest BCUT2D eigenvalue weighted by atomic mass is 10.0. The Morgan fingerprint density at radius 3 is 2.45 bits per heavy atom. The van der Waals surface area contributed by atoms with Gasteiger partial charge in [0.15, 0.2) is 11.2 Å². The zero-order valence-electron chi connectivity index (χ0n) is 21.1. The van der Waals surface area contributed by atoms with E-state index in [2.05, 4.69) is 23.6 Å². The Labute approximate surface area is 216 Å². The molecule has 38 heavy (non-hydrogen) atoms. The Bertz CT molecular complexity index is 1760. The molecule has 3 heterocycles. The number of hydrogen-bond acceptors (Lipinski definition) is 6. The number of ether oxygens (including phenoxy) is 1. The summed E-state index contributed by atoms with van der Waals surface area (Å²) in [4.78, 5) is 43.6. The summed E-state index contributed by atoms with van der Waals surface area (Å²) < 4.78 is 28.6. The molecule has 5 aromatic rings. The minimum absolute atomic E-state index is 0.0195. The highest BCUT2D eigenvalue weighted by atomic mass is 19.1. The predicted molar refractivity (Wildman–Crippen MR) is 138 cm³/mol. The van der Waals surface area contributed by atoms with E-state index in [9.17, 15) is 18.8 Å². The van der Waals surface area contributed by atoms with E-state index in [1.165, 1.54) is 40.8 Å². The predicted octanol–water partition coefficient (Wildman–Crippen LogP) is 4.09. The third-order valence-corrected chi connectivity index (χ3v) is 6.38. The van der Waals surface area contributed by atoms with Gasteiger partial charge in [0.25, 0.3) is 5.56 Å². The number of imidazole rings is 1. The second-order valence-electron chi connectivity index (χ2n) is 9.15. The van der Waals surface area contributed by atoms with Gasteiger partial charge in [-0.2, -0.15) is 0 Å². The van der Waals surface area contributed by atoms with Crippen molar-refractivity contribution in [2.24, 2.45) is 0 Å². The third kappa shape index (κ3) is 4.45. The van der Waals surface area contributed by atoms with E-state index in [0.717, 1.165) is 10.1 Å². The van der Waals surface area contributed by atoms with Gasteiger partial charge in [0.2, 0.25) is 5.76 Å². The Hall–Kier alpha value is -4.73. The molecular weight excluding hydrogens is 491 g/mol. The van der Waals surface area contributed by atoms with Crippen molar-refractivity contribution < 1.29 is 18.3 Å². The fraction of sp³-hybridized carbons (Fsp3) is 0.214. The van der Waals surface area contributed by atoms with Crippen LogP contribution in [0.5, 0.6) is 0 Å². The minimum atomic E-state index is -0.640. The van der Waals surface area contributed by atoms with Crippen molar-refractivity contribution in [3.63, 3.8) is 0 Å². The van der Waals surface area contributed by atoms with Gasteiger partial charge in [0.1, 0.15) is 11.6 Å². The number of hydrogen-bond donors (Lipinski definition) is 0. The number of methoxy groups -OCH3 is 1. The second-order valence-corrected chi connectivity index (χ2v) is 9.15. The Morgan fingerprint density at radius 1 is 1.03 bits per heavy atom. The van der Waals surface area contributed by atoms with Crippen molar-refractivity contribution in [2.75, 3.05) is 7.11 Å². The smallest absolute Gasteiger partial charge is 0.373 e. The molecule has 10 heteroatoms. The number of furan rings is 1. The van der Waals surface area contributed by atoms with Crippen molar-refractivity contribution in [2.45, 2.75) is 32.9 Å². The SMILES string of the molecule is COC(=O)c1ccc(Cn2cnc3c2c(=O)n(Cc2ccccc2F)c(=O)n3-c2ccc(C(C)C)cc2)o1. The van der Waals surface area contributed by atoms with E-state index >= 15 is 0 Å². The molecule has 194 valence electrons. The Morgan fingerprint density at radius 2 is 1.76 bits per heavy atom. The Kier molecular flexibility index (Phi) is 6.54. The summed E-state index contributed by atoms with van der Waals surface area (Å²) in [5.74, 6) is -0.461. The van der Waals surface area contributed by atoms with Crippen LogP contribution in [0.1, 0.15) is 47.2 Å². The maximum absolute atomic E-state index is 14.5. The first-order chi connectivity index (χ1) is 18.3. The summed E-state index contributed by atoms with van der Waals surface area (Å²) in [7, 11) is 1.25. The molecule has 0 spiro atoms. The standard InChI is InChI=1S/C28H25FN4O5/c1-17(2)18-8-10-20(11-9-18)33-25-24(26(34)32(28(33)36)14-19-6-4-5-7-22(19)29)31(16-30-25)15-21-12-13-23(38-21)27(35)37-3/h4-13,16-17H,14-15H2,1-3H3. The summed E-state index contributed by atoms with van der Waals surface area (Å²) in [5, 5.41) is 0. The first kappa shape index (κ1) is 24.9. The molecule has 0 saturated heterocycles. The van der Waals surface area contributed by atoms with Gasteiger partial charge in [-0.05, 0) is 41.8 Å². The fourth-order valence-corrected chi connectivity index (χ4v) is 4.32. The number of aromatic nitrogens is 4. The summed E-state index contributed by atoms with van der Waals surface area (Å²) in [6.45, 7) is 3.93. The van der Waals surface area contributed by atoms with Crippen molar-refractivity contribution in [1.29, 1.82) is 0 Å². The quantitative estimate of drug-likeness (QED) is 0.302. The molecule has 0 saturated carbocycles. The molecule has 0 aliphatic carbocycles. The van der Waals surface area contributed by atoms with Crippen LogP contribution in [0.2, 0.25) is 0 Å². The van der Waals surface area contributed by atoms with Crippen LogP contribution >= 0.6 is 0 Å². The number of halogens is 1. The number of carbonyl (C=O) groups is 1. The molecule has 9 nitrogen and oxygen atoms in total. The van der Waals surface area contributed by atoms with Crippen LogP contribution in [-0.4, -0.2) is 31.8 Å². The van der Waals surface area contributed by atoms with E-state index in [1.807, 2.05) is 12.1 Å². The Balaban J connectivity index is 1.70. The minimum Gasteiger partial charge on any atom is -0.463 e. The van der Waals surface area contributed by atoms with Crippen LogP contribution in [-0.2, 0) is 17.8 Å². The lowest BCUT2D eigenvalue weighted by molar-refractivity contribution is 0.0563. The summed E-state index contributed by atoms with van der Waals surface area (Å²) in [6.07, 6.45) is 1.43. The van der Waals surface area contributed by atoms with Crippen LogP contribution in [0.25, 0.3) is 16.9 Å². The van der Waals surface area contributed by atoms with Gasteiger partial charge in [-0.1, -0.05) is 44.2 Å². The van der Waals surface area contributed by atoms with Crippen molar-refractivity contribution >= 4 is 17.1 Å². The number of nitrogens with zero attached hydrogens (tertiary/aromatic N) is 4. The molecule has 0 aliphatic rings. The number of fused-ring (bicyclic) bond motifs is 1. The summed E-state index contributed by atoms with van der Waals surface area (Å²) in [5.41, 5.74) is 0.824. The first-order valence-electron chi connectivity index (χ1n) is 12.0. The van der Waals surface area contributed by atoms with Crippen LogP contribution in [0.4, 0.5) is 4.39 Å². The lowest BCUT2D eigenvalue weighted by Gasteiger charge is -2.14. The molecule has 2 aromatic carbocycles. The number of benzene rings is 2. The monoisotopic (exact) mass is 516 g/mol. The van der Waals surface area contributed by atoms with E-state index in [-0.39, 0.29) is 41.5 Å². The second kappa shape index (κ2) is 9.97. The van der Waals surface area contributed by atoms with E-state index in [4.69, 9.17) is 4.42 Å². The van der Waals surface area contributed by atoms with E-state index in [1.54, 1.807) is 30.3 Å². The molecule has 0 radical (unpaired) electrons. The molecule has 0 atom stereocenters. The maximum Gasteiger partial charge on any atom is 0.373 e. The molecule has 0 bridgehead atoms. The number of carbonyl (C=O) groups excluding carboxylic acids is 1. The van der Waals surface area contributed by atoms with Crippen LogP contribution in [0, 0.1) is 5.82 Å². The van der Waals surface area contributed by atoms with Crippen LogP contribution < -0.4 is 11.2 Å². The van der Waals surface area contributed by atoms with Gasteiger partial charge in [-0.15, -0.1) is 0 Å². The number of rotatable bonds is 7. The average molecular weight is 517 g/mol.